The Bertz CT molecular complexity index is 1100. The molecule has 6 heteroatoms. The minimum atomic E-state index is -0.618. The van der Waals surface area contributed by atoms with E-state index in [4.69, 9.17) is 0 Å². The van der Waals surface area contributed by atoms with Gasteiger partial charge in [0.1, 0.15) is 0 Å². The summed E-state index contributed by atoms with van der Waals surface area (Å²) in [6.07, 6.45) is 0.965. The number of Topliss-reactive ketones (excluding diaryl/α,β-unsaturated/α-hetero) is 1. The van der Waals surface area contributed by atoms with Crippen LogP contribution in [0.5, 0.6) is 0 Å². The molecule has 0 spiro atoms. The normalized spacial score (nSPS) is 23.8. The zero-order valence-electron chi connectivity index (χ0n) is 15.9. The average molecular weight is 385 g/mol. The van der Waals surface area contributed by atoms with Gasteiger partial charge in [-0.15, -0.1) is 0 Å². The fraction of sp³-hybridized carbons (Fsp3) is 0.261. The summed E-state index contributed by atoms with van der Waals surface area (Å²) < 4.78 is 0. The van der Waals surface area contributed by atoms with Crippen molar-refractivity contribution in [2.24, 2.45) is 10.9 Å². The highest BCUT2D eigenvalue weighted by molar-refractivity contribution is 6.03. The molecule has 6 nitrogen and oxygen atoms in total. The number of carbonyl (C=O) groups is 1. The number of ketones is 1. The highest BCUT2D eigenvalue weighted by Gasteiger charge is 2.41. The molecule has 2 aliphatic rings. The molecule has 144 valence electrons. The zero-order valence-corrected chi connectivity index (χ0v) is 15.9. The molecule has 3 atom stereocenters. The second kappa shape index (κ2) is 7.44. The molecule has 0 N–H and O–H groups in total. The van der Waals surface area contributed by atoms with Crippen LogP contribution in [-0.2, 0) is 4.79 Å². The van der Waals surface area contributed by atoms with Crippen LogP contribution >= 0.6 is 0 Å². The predicted octanol–water partition coefficient (Wildman–Crippen LogP) is 4.69. The maximum Gasteiger partial charge on any atom is 0.269 e. The van der Waals surface area contributed by atoms with Gasteiger partial charge in [0.25, 0.3) is 5.69 Å². The number of nitrogens with zero attached hydrogens (tertiary/aromatic N) is 3. The number of nitriles is 1. The van der Waals surface area contributed by atoms with E-state index < -0.39 is 16.8 Å². The monoisotopic (exact) mass is 385 g/mol. The molecular formula is C23H19N3O3. The number of nitro benzene ring substituents is 1. The van der Waals surface area contributed by atoms with E-state index in [1.165, 1.54) is 12.1 Å². The van der Waals surface area contributed by atoms with Crippen molar-refractivity contribution in [2.75, 3.05) is 0 Å². The van der Waals surface area contributed by atoms with Crippen LogP contribution in [-0.4, -0.2) is 16.4 Å². The van der Waals surface area contributed by atoms with Crippen molar-refractivity contribution in [2.45, 2.75) is 31.6 Å². The lowest BCUT2D eigenvalue weighted by Crippen LogP contribution is -2.32. The van der Waals surface area contributed by atoms with Gasteiger partial charge in [0.2, 0.25) is 0 Å². The van der Waals surface area contributed by atoms with Gasteiger partial charge in [0, 0.05) is 41.5 Å². The number of non-ortho nitro benzene ring substituents is 1. The zero-order chi connectivity index (χ0) is 20.5. The van der Waals surface area contributed by atoms with Crippen molar-refractivity contribution in [3.05, 3.63) is 87.1 Å². The Hall–Kier alpha value is -3.59. The first-order valence-electron chi connectivity index (χ1n) is 9.50. The Kier molecular flexibility index (Phi) is 4.81. The first-order chi connectivity index (χ1) is 14.0. The summed E-state index contributed by atoms with van der Waals surface area (Å²) in [5, 5.41) is 21.0. The summed E-state index contributed by atoms with van der Waals surface area (Å²) >= 11 is 0. The van der Waals surface area contributed by atoms with E-state index in [-0.39, 0.29) is 17.4 Å². The molecule has 29 heavy (non-hydrogen) atoms. The number of rotatable bonds is 3. The summed E-state index contributed by atoms with van der Waals surface area (Å²) in [5.41, 5.74) is 3.54. The maximum absolute atomic E-state index is 13.2. The summed E-state index contributed by atoms with van der Waals surface area (Å²) in [7, 11) is 0. The Morgan fingerprint density at radius 2 is 1.83 bits per heavy atom. The van der Waals surface area contributed by atoms with E-state index in [1.807, 2.05) is 30.3 Å². The molecule has 2 aromatic rings. The molecular weight excluding hydrogens is 366 g/mol. The summed E-state index contributed by atoms with van der Waals surface area (Å²) in [6, 6.07) is 18.4. The lowest BCUT2D eigenvalue weighted by molar-refractivity contribution is -0.384. The van der Waals surface area contributed by atoms with Crippen molar-refractivity contribution >= 4 is 17.2 Å². The van der Waals surface area contributed by atoms with Gasteiger partial charge >= 0.3 is 0 Å². The lowest BCUT2D eigenvalue weighted by Gasteiger charge is -2.35. The van der Waals surface area contributed by atoms with Gasteiger partial charge in [0.05, 0.1) is 16.9 Å². The number of nitro groups is 1. The summed E-state index contributed by atoms with van der Waals surface area (Å²) in [5.74, 6) is -1.14. The molecule has 1 unspecified atom stereocenters. The van der Waals surface area contributed by atoms with Crippen LogP contribution in [0.15, 0.2) is 70.9 Å². The third-order valence-corrected chi connectivity index (χ3v) is 5.74. The van der Waals surface area contributed by atoms with Crippen molar-refractivity contribution < 1.29 is 9.72 Å². The van der Waals surface area contributed by atoms with Gasteiger partial charge in [-0.05, 0) is 30.4 Å². The number of allylic oxidation sites excluding steroid dienone is 2. The van der Waals surface area contributed by atoms with Gasteiger partial charge in [-0.25, -0.2) is 0 Å². The van der Waals surface area contributed by atoms with Crippen LogP contribution < -0.4 is 0 Å². The van der Waals surface area contributed by atoms with Gasteiger partial charge in [0.15, 0.2) is 5.78 Å². The largest absolute Gasteiger partial charge is 0.294 e. The van der Waals surface area contributed by atoms with E-state index in [9.17, 15) is 20.2 Å². The Balaban J connectivity index is 1.81. The first kappa shape index (κ1) is 18.8. The lowest BCUT2D eigenvalue weighted by atomic mass is 9.69. The SMILES string of the molecule is CC1=NC2=C(C(=O)C[C@H](c3ccccc3)C2)[C@@H](c2cccc([N+](=O)[O-])c2)C1C#N. The molecule has 1 aliphatic heterocycles. The Morgan fingerprint density at radius 1 is 1.10 bits per heavy atom. The minimum Gasteiger partial charge on any atom is -0.294 e. The Labute approximate surface area is 168 Å². The number of benzene rings is 2. The van der Waals surface area contributed by atoms with Crippen LogP contribution in [0.3, 0.4) is 0 Å². The molecule has 1 heterocycles. The molecule has 2 aromatic carbocycles. The number of carbonyl (C=O) groups excluding carboxylic acids is 1. The molecule has 1 aliphatic carbocycles. The smallest absolute Gasteiger partial charge is 0.269 e. The van der Waals surface area contributed by atoms with Crippen molar-refractivity contribution in [1.29, 1.82) is 5.26 Å². The number of hydrogen-bond donors (Lipinski definition) is 0. The molecule has 0 bridgehead atoms. The van der Waals surface area contributed by atoms with Gasteiger partial charge < -0.3 is 0 Å². The quantitative estimate of drug-likeness (QED) is 0.565. The fourth-order valence-electron chi connectivity index (χ4n) is 4.38. The summed E-state index contributed by atoms with van der Waals surface area (Å²) in [4.78, 5) is 28.6. The second-order valence-corrected chi connectivity index (χ2v) is 7.49. The van der Waals surface area contributed by atoms with Gasteiger partial charge in [-0.1, -0.05) is 42.5 Å². The van der Waals surface area contributed by atoms with E-state index in [0.29, 0.717) is 35.4 Å². The highest BCUT2D eigenvalue weighted by Crippen LogP contribution is 2.46. The second-order valence-electron chi connectivity index (χ2n) is 7.49. The molecule has 4 rings (SSSR count). The van der Waals surface area contributed by atoms with E-state index >= 15 is 0 Å². The maximum atomic E-state index is 13.2. The summed E-state index contributed by atoms with van der Waals surface area (Å²) in [6.45, 7) is 1.79. The van der Waals surface area contributed by atoms with Crippen LogP contribution in [0.4, 0.5) is 5.69 Å². The third-order valence-electron chi connectivity index (χ3n) is 5.74. The molecule has 0 saturated carbocycles. The standard InChI is InChI=1S/C23H19N3O3/c1-14-19(13-24)22(16-8-5-9-18(10-16)26(28)29)23-20(25-14)11-17(12-21(23)27)15-6-3-2-4-7-15/h2-10,17,19,22H,11-12H2,1H3/t17-,19?,22+/m1/s1. The third kappa shape index (κ3) is 3.36. The van der Waals surface area contributed by atoms with Crippen LogP contribution in [0, 0.1) is 27.4 Å². The molecule has 0 radical (unpaired) electrons. The minimum absolute atomic E-state index is 0.0342. The van der Waals surface area contributed by atoms with Crippen LogP contribution in [0.25, 0.3) is 0 Å². The highest BCUT2D eigenvalue weighted by atomic mass is 16.6. The van der Waals surface area contributed by atoms with Crippen molar-refractivity contribution in [3.63, 3.8) is 0 Å². The topological polar surface area (TPSA) is 96.4 Å². The van der Waals surface area contributed by atoms with Gasteiger partial charge in [-0.2, -0.15) is 5.26 Å². The van der Waals surface area contributed by atoms with Crippen molar-refractivity contribution in [3.8, 4) is 6.07 Å². The number of hydrogen-bond acceptors (Lipinski definition) is 5. The molecule has 0 fully saturated rings. The first-order valence-corrected chi connectivity index (χ1v) is 9.50. The van der Waals surface area contributed by atoms with E-state index in [1.54, 1.807) is 19.1 Å². The number of aliphatic imine (C=N–C) groups is 1. The Morgan fingerprint density at radius 3 is 2.52 bits per heavy atom. The van der Waals surface area contributed by atoms with Gasteiger partial charge in [-0.3, -0.25) is 19.9 Å². The predicted molar refractivity (Wildman–Crippen MR) is 108 cm³/mol. The molecule has 0 saturated heterocycles. The van der Waals surface area contributed by atoms with E-state index in [0.717, 1.165) is 5.56 Å². The molecule has 0 amide bonds. The fourth-order valence-corrected chi connectivity index (χ4v) is 4.38. The van der Waals surface area contributed by atoms with E-state index in [2.05, 4.69) is 11.1 Å². The van der Waals surface area contributed by atoms with Crippen molar-refractivity contribution in [1.82, 2.24) is 0 Å². The van der Waals surface area contributed by atoms with Crippen LogP contribution in [0.1, 0.15) is 42.7 Å². The average Bonchev–Trinajstić information content (AvgIpc) is 2.73. The molecule has 0 aromatic heterocycles. The van der Waals surface area contributed by atoms with Crippen LogP contribution in [0.2, 0.25) is 0 Å².